The van der Waals surface area contributed by atoms with Crippen molar-refractivity contribution in [2.45, 2.75) is 40.0 Å². The molecule has 2 heteroatoms. The highest BCUT2D eigenvalue weighted by molar-refractivity contribution is 5.75. The van der Waals surface area contributed by atoms with Crippen molar-refractivity contribution in [2.24, 2.45) is 0 Å². The van der Waals surface area contributed by atoms with Gasteiger partial charge < -0.3 is 10.2 Å². The Labute approximate surface area is 120 Å². The Morgan fingerprint density at radius 1 is 0.850 bits per heavy atom. The predicted octanol–water partition coefficient (Wildman–Crippen LogP) is 4.45. The van der Waals surface area contributed by atoms with Crippen LogP contribution in [0.4, 0.5) is 0 Å². The minimum Gasteiger partial charge on any atom is -0.508 e. The number of aryl methyl sites for hydroxylation is 2. The molecule has 0 heterocycles. The SMILES string of the molecule is CCc1cc(CC)c(-c2cccc(O)c2)c(CC)c1O. The maximum Gasteiger partial charge on any atom is 0.122 e. The fourth-order valence-electron chi connectivity index (χ4n) is 2.77. The molecule has 0 spiro atoms. The van der Waals surface area contributed by atoms with Crippen LogP contribution in [-0.2, 0) is 19.3 Å². The Morgan fingerprint density at radius 2 is 1.55 bits per heavy atom. The zero-order valence-corrected chi connectivity index (χ0v) is 12.4. The van der Waals surface area contributed by atoms with E-state index in [1.54, 1.807) is 12.1 Å². The Hall–Kier alpha value is -1.96. The number of benzene rings is 2. The highest BCUT2D eigenvalue weighted by Gasteiger charge is 2.16. The van der Waals surface area contributed by atoms with Crippen LogP contribution in [0.1, 0.15) is 37.5 Å². The highest BCUT2D eigenvalue weighted by atomic mass is 16.3. The van der Waals surface area contributed by atoms with Crippen LogP contribution in [0.2, 0.25) is 0 Å². The molecule has 0 bridgehead atoms. The summed E-state index contributed by atoms with van der Waals surface area (Å²) in [6, 6.07) is 9.35. The van der Waals surface area contributed by atoms with Gasteiger partial charge in [0.05, 0.1) is 0 Å². The molecule has 2 aromatic carbocycles. The molecule has 0 unspecified atom stereocenters. The quantitative estimate of drug-likeness (QED) is 0.861. The van der Waals surface area contributed by atoms with Gasteiger partial charge in [-0.3, -0.25) is 0 Å². The summed E-state index contributed by atoms with van der Waals surface area (Å²) in [6.45, 7) is 6.24. The van der Waals surface area contributed by atoms with Crippen molar-refractivity contribution in [3.8, 4) is 22.6 Å². The van der Waals surface area contributed by atoms with Gasteiger partial charge in [-0.2, -0.15) is 0 Å². The van der Waals surface area contributed by atoms with E-state index < -0.39 is 0 Å². The van der Waals surface area contributed by atoms with Crippen LogP contribution >= 0.6 is 0 Å². The third kappa shape index (κ3) is 2.51. The van der Waals surface area contributed by atoms with Gasteiger partial charge in [-0.15, -0.1) is 0 Å². The van der Waals surface area contributed by atoms with Gasteiger partial charge in [0.25, 0.3) is 0 Å². The Morgan fingerprint density at radius 3 is 2.10 bits per heavy atom. The molecule has 0 saturated carbocycles. The van der Waals surface area contributed by atoms with E-state index in [4.69, 9.17) is 0 Å². The summed E-state index contributed by atoms with van der Waals surface area (Å²) >= 11 is 0. The fraction of sp³-hybridized carbons (Fsp3) is 0.333. The van der Waals surface area contributed by atoms with E-state index in [2.05, 4.69) is 26.8 Å². The number of hydrogen-bond acceptors (Lipinski definition) is 2. The topological polar surface area (TPSA) is 40.5 Å². The molecule has 106 valence electrons. The number of hydrogen-bond donors (Lipinski definition) is 2. The molecule has 0 aliphatic rings. The van der Waals surface area contributed by atoms with Gasteiger partial charge in [0.1, 0.15) is 11.5 Å². The molecule has 0 saturated heterocycles. The first-order valence-corrected chi connectivity index (χ1v) is 7.28. The van der Waals surface area contributed by atoms with Gasteiger partial charge in [-0.1, -0.05) is 39.0 Å². The Bertz CT molecular complexity index is 615. The first-order chi connectivity index (χ1) is 9.62. The van der Waals surface area contributed by atoms with Gasteiger partial charge in [0.15, 0.2) is 0 Å². The lowest BCUT2D eigenvalue weighted by Gasteiger charge is -2.18. The average Bonchev–Trinajstić information content (AvgIpc) is 2.46. The van der Waals surface area contributed by atoms with Crippen LogP contribution < -0.4 is 0 Å². The van der Waals surface area contributed by atoms with Crippen LogP contribution in [0.25, 0.3) is 11.1 Å². The third-order valence-electron chi connectivity index (χ3n) is 3.81. The zero-order valence-electron chi connectivity index (χ0n) is 12.4. The number of aromatic hydroxyl groups is 2. The molecule has 0 aromatic heterocycles. The molecule has 0 amide bonds. The minimum absolute atomic E-state index is 0.255. The van der Waals surface area contributed by atoms with Crippen molar-refractivity contribution in [1.82, 2.24) is 0 Å². The van der Waals surface area contributed by atoms with Crippen molar-refractivity contribution >= 4 is 0 Å². The summed E-state index contributed by atoms with van der Waals surface area (Å²) in [5.41, 5.74) is 5.24. The normalized spacial score (nSPS) is 10.8. The molecule has 0 aliphatic heterocycles. The smallest absolute Gasteiger partial charge is 0.122 e. The average molecular weight is 270 g/mol. The summed E-state index contributed by atoms with van der Waals surface area (Å²) < 4.78 is 0. The summed E-state index contributed by atoms with van der Waals surface area (Å²) in [4.78, 5) is 0. The zero-order chi connectivity index (χ0) is 14.7. The van der Waals surface area contributed by atoms with Crippen molar-refractivity contribution in [3.05, 3.63) is 47.0 Å². The van der Waals surface area contributed by atoms with Gasteiger partial charge in [-0.05, 0) is 53.6 Å². The molecular formula is C18H22O2. The fourth-order valence-corrected chi connectivity index (χ4v) is 2.77. The van der Waals surface area contributed by atoms with Gasteiger partial charge >= 0.3 is 0 Å². The second-order valence-corrected chi connectivity index (χ2v) is 5.01. The maximum atomic E-state index is 10.5. The van der Waals surface area contributed by atoms with Gasteiger partial charge in [0.2, 0.25) is 0 Å². The monoisotopic (exact) mass is 270 g/mol. The lowest BCUT2D eigenvalue weighted by atomic mass is 9.88. The Kier molecular flexibility index (Phi) is 4.33. The van der Waals surface area contributed by atoms with E-state index in [1.165, 1.54) is 5.56 Å². The molecule has 0 atom stereocenters. The van der Waals surface area contributed by atoms with Crippen molar-refractivity contribution in [3.63, 3.8) is 0 Å². The van der Waals surface area contributed by atoms with E-state index in [-0.39, 0.29) is 5.75 Å². The van der Waals surface area contributed by atoms with E-state index in [1.807, 2.05) is 12.1 Å². The maximum absolute atomic E-state index is 10.5. The lowest BCUT2D eigenvalue weighted by Crippen LogP contribution is -1.99. The molecule has 0 radical (unpaired) electrons. The molecule has 0 fully saturated rings. The summed E-state index contributed by atoms with van der Waals surface area (Å²) in [6.07, 6.45) is 2.51. The molecule has 2 nitrogen and oxygen atoms in total. The van der Waals surface area contributed by atoms with E-state index in [0.717, 1.165) is 41.5 Å². The van der Waals surface area contributed by atoms with Crippen molar-refractivity contribution in [1.29, 1.82) is 0 Å². The van der Waals surface area contributed by atoms with Gasteiger partial charge in [0, 0.05) is 5.56 Å². The standard InChI is InChI=1S/C18H22O2/c1-4-12-10-13(5-2)18(20)16(6-3)17(12)14-8-7-9-15(19)11-14/h7-11,19-20H,4-6H2,1-3H3. The minimum atomic E-state index is 0.255. The largest absolute Gasteiger partial charge is 0.508 e. The summed E-state index contributed by atoms with van der Waals surface area (Å²) in [5, 5.41) is 20.2. The van der Waals surface area contributed by atoms with Crippen molar-refractivity contribution < 1.29 is 10.2 Å². The molecule has 2 N–H and O–H groups in total. The summed E-state index contributed by atoms with van der Waals surface area (Å²) in [5.74, 6) is 0.663. The van der Waals surface area contributed by atoms with E-state index >= 15 is 0 Å². The molecule has 2 aromatic rings. The first kappa shape index (κ1) is 14.4. The molecule has 2 rings (SSSR count). The van der Waals surface area contributed by atoms with Crippen LogP contribution in [-0.4, -0.2) is 10.2 Å². The summed E-state index contributed by atoms with van der Waals surface area (Å²) in [7, 11) is 0. The van der Waals surface area contributed by atoms with E-state index in [9.17, 15) is 10.2 Å². The van der Waals surface area contributed by atoms with Crippen LogP contribution in [0.5, 0.6) is 11.5 Å². The predicted molar refractivity (Wildman–Crippen MR) is 83.3 cm³/mol. The first-order valence-electron chi connectivity index (χ1n) is 7.28. The second-order valence-electron chi connectivity index (χ2n) is 5.01. The number of rotatable bonds is 4. The van der Waals surface area contributed by atoms with Crippen LogP contribution in [0.15, 0.2) is 30.3 Å². The van der Waals surface area contributed by atoms with Gasteiger partial charge in [-0.25, -0.2) is 0 Å². The number of phenolic OH excluding ortho intramolecular Hbond substituents is 2. The molecule has 0 aliphatic carbocycles. The van der Waals surface area contributed by atoms with Crippen LogP contribution in [0.3, 0.4) is 0 Å². The lowest BCUT2D eigenvalue weighted by molar-refractivity contribution is 0.462. The highest BCUT2D eigenvalue weighted by Crippen LogP contribution is 2.38. The molecular weight excluding hydrogens is 248 g/mol. The molecule has 20 heavy (non-hydrogen) atoms. The third-order valence-corrected chi connectivity index (χ3v) is 3.81. The van der Waals surface area contributed by atoms with Crippen molar-refractivity contribution in [2.75, 3.05) is 0 Å². The Balaban J connectivity index is 2.76. The van der Waals surface area contributed by atoms with Crippen LogP contribution in [0, 0.1) is 0 Å². The number of phenols is 2. The second kappa shape index (κ2) is 6.00. The van der Waals surface area contributed by atoms with E-state index in [0.29, 0.717) is 5.75 Å².